The first kappa shape index (κ1) is 99.0. The molecule has 76 heavy (non-hydrogen) atoms. The lowest BCUT2D eigenvalue weighted by molar-refractivity contribution is -0.137. The summed E-state index contributed by atoms with van der Waals surface area (Å²) in [4.78, 5) is 12.6. The zero-order valence-electron chi connectivity index (χ0n) is 31.9. The topological polar surface area (TPSA) is 37.3 Å². The van der Waals surface area contributed by atoms with Crippen molar-refractivity contribution < 1.29 is 9.90 Å². The minimum Gasteiger partial charge on any atom is -0.480 e. The molecule has 0 amide bonds. The van der Waals surface area contributed by atoms with E-state index in [0.29, 0.717) is 0 Å². The van der Waals surface area contributed by atoms with Crippen LogP contribution < -0.4 is 0 Å². The van der Waals surface area contributed by atoms with Gasteiger partial charge >= 0.3 is 5.97 Å². The fourth-order valence-electron chi connectivity index (χ4n) is 4.45. The Bertz CT molecular complexity index is 2140. The number of hydrogen-bond acceptors (Lipinski definition) is 1. The Morgan fingerprint density at radius 3 is 0.316 bits per heavy atom. The Morgan fingerprint density at radius 1 is 0.158 bits per heavy atom. The molecule has 1 N–H and O–H groups in total. The molecule has 0 fully saturated rings. The van der Waals surface area contributed by atoms with Crippen LogP contribution in [-0.2, 0) is 4.79 Å². The van der Waals surface area contributed by atoms with Crippen LogP contribution in [0.4, 0.5) is 0 Å². The van der Waals surface area contributed by atoms with Crippen LogP contribution in [0.25, 0.3) is 0 Å². The van der Waals surface area contributed by atoms with Crippen molar-refractivity contribution in [2.45, 2.75) is 76.5 Å². The molecule has 0 heterocycles. The Labute approximate surface area is 850 Å². The molecule has 0 aromatic rings. The normalized spacial score (nSPS) is 17.4. The molecule has 0 aromatic carbocycles. The molecular weight excluding hydrogens is 4250 g/mol. The predicted molar refractivity (Wildman–Crippen MR) is 511 cm³/mol. The van der Waals surface area contributed by atoms with Gasteiger partial charge in [-0.1, -0.05) is 781 Å². The molecule has 0 aliphatic carbocycles. The maximum Gasteiger partial charge on any atom is 0.333 e. The summed E-state index contributed by atoms with van der Waals surface area (Å²) in [5.74, 6) is -1.27. The van der Waals surface area contributed by atoms with Gasteiger partial charge in [0.15, 0.2) is 2.14 Å². The van der Waals surface area contributed by atoms with Gasteiger partial charge in [-0.3, -0.25) is 0 Å². The minimum absolute atomic E-state index is 0.958. The molecule has 456 valence electrons. The fraction of sp³-hybridized carbons (Fsp3) is 0.960. The lowest BCUT2D eigenvalue weighted by Crippen LogP contribution is -2.75. The highest BCUT2D eigenvalue weighted by atomic mass is 80.0. The van der Waals surface area contributed by atoms with Crippen molar-refractivity contribution in [2.75, 3.05) is 0 Å². The number of carbonyl (C=O) groups is 1. The molecule has 0 saturated carbocycles. The molecular formula is C25HBr49O2. The number of alkyl halides is 49. The zero-order chi connectivity index (χ0) is 63.6. The highest BCUT2D eigenvalue weighted by Crippen LogP contribution is 2.86. The molecule has 2 nitrogen and oxygen atoms in total. The van der Waals surface area contributed by atoms with Gasteiger partial charge < -0.3 is 5.11 Å². The Hall–Kier alpha value is 23.0. The maximum absolute atomic E-state index is 12.6. The number of rotatable bonds is 23. The smallest absolute Gasteiger partial charge is 0.333 e. The average molecular weight is 4250 g/mol. The number of aliphatic carboxylic acids is 1. The summed E-state index contributed by atoms with van der Waals surface area (Å²) in [5, 5.41) is 10.3. The van der Waals surface area contributed by atoms with Crippen LogP contribution >= 0.6 is 781 Å². The van der Waals surface area contributed by atoms with E-state index in [1.54, 1.807) is 0 Å². The van der Waals surface area contributed by atoms with Gasteiger partial charge in [0, 0.05) is 0 Å². The molecule has 0 radical (unpaired) electrons. The lowest BCUT2D eigenvalue weighted by atomic mass is 10.00. The summed E-state index contributed by atoms with van der Waals surface area (Å²) in [7, 11) is 0. The van der Waals surface area contributed by atoms with Gasteiger partial charge in [-0.25, -0.2) is 4.79 Å². The molecule has 0 aliphatic heterocycles. The van der Waals surface area contributed by atoms with Crippen molar-refractivity contribution in [1.82, 2.24) is 0 Å². The van der Waals surface area contributed by atoms with Gasteiger partial charge in [0.1, 0.15) is 71.1 Å². The van der Waals surface area contributed by atoms with Gasteiger partial charge in [-0.15, -0.1) is 0 Å². The van der Waals surface area contributed by atoms with E-state index in [9.17, 15) is 9.90 Å². The summed E-state index contributed by atoms with van der Waals surface area (Å²) < 4.78 is -34.5. The summed E-state index contributed by atoms with van der Waals surface area (Å²) >= 11 is 192. The number of carboxylic acid groups (broad SMARTS) is 1. The van der Waals surface area contributed by atoms with Crippen molar-refractivity contribution in [2.24, 2.45) is 0 Å². The first-order valence-corrected chi connectivity index (χ1v) is 54.5. The number of hydrogen-bond donors (Lipinski definition) is 1. The molecule has 0 unspecified atom stereocenters. The lowest BCUT2D eigenvalue weighted by Gasteiger charge is -2.63. The predicted octanol–water partition coefficient (Wildman–Crippen LogP) is 36.1. The Balaban J connectivity index is 8.21. The van der Waals surface area contributed by atoms with Gasteiger partial charge in [-0.05, 0) is 0 Å². The Morgan fingerprint density at radius 2 is 0.237 bits per heavy atom. The van der Waals surface area contributed by atoms with Crippen molar-refractivity contribution >= 4 is 787 Å². The fourth-order valence-corrected chi connectivity index (χ4v) is 55.2. The molecule has 51 heteroatoms. The van der Waals surface area contributed by atoms with Crippen molar-refractivity contribution in [3.8, 4) is 0 Å². The standard InChI is InChI=1S/C25HBr49O2/c26-2(27,1(75)76)3(28,29)4(30,31)5(32,33)6(34,35)7(36,37)8(38,39)9(40,41)10(42,43)11(44,45)12(46,47)13(48,49)14(50,51)15(52,53)16(54,55)17(56,57)18(58,59)19(60,61)20(62,63)21(64,65)22(66,67)23(68,69)24(70,71)25(72,73)74/h(H,75,76). The van der Waals surface area contributed by atoms with Crippen LogP contribution in [-0.4, -0.2) is 87.6 Å². The molecule has 0 spiro atoms. The molecule has 0 atom stereocenters. The second kappa shape index (κ2) is 31.9. The van der Waals surface area contributed by atoms with Gasteiger partial charge in [0.25, 0.3) is 0 Å². The van der Waals surface area contributed by atoms with Crippen LogP contribution in [0, 0.1) is 0 Å². The molecule has 0 bridgehead atoms. The van der Waals surface area contributed by atoms with E-state index in [0.717, 1.165) is 0 Å². The van der Waals surface area contributed by atoms with Crippen LogP contribution in [0.5, 0.6) is 0 Å². The second-order valence-corrected chi connectivity index (χ2v) is 100.0. The van der Waals surface area contributed by atoms with E-state index in [1.807, 2.05) is 0 Å². The summed E-state index contributed by atoms with van der Waals surface area (Å²) in [5.41, 5.74) is 0. The highest BCUT2D eigenvalue weighted by molar-refractivity contribution is 9.44. The molecule has 0 saturated heterocycles. The van der Waals surface area contributed by atoms with E-state index < -0.39 is 82.5 Å². The van der Waals surface area contributed by atoms with E-state index in [-0.39, 0.29) is 0 Å². The largest absolute Gasteiger partial charge is 0.480 e. The SMILES string of the molecule is O=C(O)C(Br)(Br)C(Br)(Br)C(Br)(Br)C(Br)(Br)C(Br)(Br)C(Br)(Br)C(Br)(Br)C(Br)(Br)C(Br)(Br)C(Br)(Br)C(Br)(Br)C(Br)(Br)C(Br)(Br)C(Br)(Br)C(Br)(Br)C(Br)(Br)C(Br)(Br)C(Br)(Br)C(Br)(Br)C(Br)(Br)C(Br)(Br)C(Br)(Br)C(Br)(Br)C(Br)(Br)Br. The summed E-state index contributed by atoms with van der Waals surface area (Å²) in [6, 6.07) is 0. The first-order valence-electron chi connectivity index (χ1n) is 15.7. The highest BCUT2D eigenvalue weighted by Gasteiger charge is 2.86. The third kappa shape index (κ3) is 16.0. The maximum atomic E-state index is 12.6. The van der Waals surface area contributed by atoms with Gasteiger partial charge in [0.2, 0.25) is 3.23 Å². The monoisotopic (exact) mass is 4200 g/mol. The van der Waals surface area contributed by atoms with Gasteiger partial charge in [-0.2, -0.15) is 0 Å². The van der Waals surface area contributed by atoms with Crippen molar-refractivity contribution in [3.05, 3.63) is 0 Å². The average Bonchev–Trinajstić information content (AvgIpc) is 3.18. The molecule has 0 aliphatic rings. The van der Waals surface area contributed by atoms with Crippen LogP contribution in [0.15, 0.2) is 0 Å². The van der Waals surface area contributed by atoms with Crippen LogP contribution in [0.2, 0.25) is 0 Å². The molecule has 0 aromatic heterocycles. The second-order valence-electron chi connectivity index (χ2n) is 14.0. The van der Waals surface area contributed by atoms with E-state index in [4.69, 9.17) is 0 Å². The van der Waals surface area contributed by atoms with E-state index in [1.165, 1.54) is 0 Å². The third-order valence-corrected chi connectivity index (χ3v) is 115. The number of halogens is 49. The van der Waals surface area contributed by atoms with Crippen LogP contribution in [0.3, 0.4) is 0 Å². The minimum atomic E-state index is -1.84. The molecule has 0 rings (SSSR count). The third-order valence-electron chi connectivity index (χ3n) is 9.30. The van der Waals surface area contributed by atoms with Crippen molar-refractivity contribution in [1.29, 1.82) is 0 Å². The zero-order valence-corrected chi connectivity index (χ0v) is 110. The van der Waals surface area contributed by atoms with Crippen molar-refractivity contribution in [3.63, 3.8) is 0 Å². The van der Waals surface area contributed by atoms with Crippen LogP contribution in [0.1, 0.15) is 0 Å². The Kier molecular flexibility index (Phi) is 41.5. The first-order chi connectivity index (χ1) is 31.7. The summed E-state index contributed by atoms with van der Waals surface area (Å²) in [6.45, 7) is 0. The number of carboxylic acids is 1. The summed E-state index contributed by atoms with van der Waals surface area (Å²) in [6.07, 6.45) is 0. The van der Waals surface area contributed by atoms with E-state index >= 15 is 0 Å². The van der Waals surface area contributed by atoms with Gasteiger partial charge in [0.05, 0.1) is 0 Å². The quantitative estimate of drug-likeness (QED) is 0.104. The van der Waals surface area contributed by atoms with E-state index in [2.05, 4.69) is 781 Å².